The van der Waals surface area contributed by atoms with Crippen LogP contribution in [0.5, 0.6) is 5.75 Å². The lowest BCUT2D eigenvalue weighted by molar-refractivity contribution is 0.415. The molecule has 1 aromatic rings. The fourth-order valence-corrected chi connectivity index (χ4v) is 3.67. The van der Waals surface area contributed by atoms with Crippen LogP contribution in [-0.2, 0) is 0 Å². The zero-order valence-corrected chi connectivity index (χ0v) is 13.4. The van der Waals surface area contributed by atoms with Crippen LogP contribution in [0, 0.1) is 0 Å². The summed E-state index contributed by atoms with van der Waals surface area (Å²) in [5, 5.41) is 3.67. The van der Waals surface area contributed by atoms with Crippen molar-refractivity contribution in [2.24, 2.45) is 0 Å². The van der Waals surface area contributed by atoms with Gasteiger partial charge in [0.15, 0.2) is 0 Å². The lowest BCUT2D eigenvalue weighted by Crippen LogP contribution is -2.24. The van der Waals surface area contributed by atoms with Crippen LogP contribution in [0.4, 0.5) is 5.69 Å². The molecule has 1 unspecified atom stereocenters. The first-order valence-electron chi connectivity index (χ1n) is 7.59. The molecule has 0 aromatic heterocycles. The molecule has 1 aromatic carbocycles. The van der Waals surface area contributed by atoms with E-state index >= 15 is 0 Å². The van der Waals surface area contributed by atoms with Gasteiger partial charge in [0, 0.05) is 36.3 Å². The van der Waals surface area contributed by atoms with Crippen molar-refractivity contribution in [3.63, 3.8) is 0 Å². The quantitative estimate of drug-likeness (QED) is 0.848. The first-order valence-corrected chi connectivity index (χ1v) is 7.59. The average molecular weight is 292 g/mol. The van der Waals surface area contributed by atoms with Crippen molar-refractivity contribution in [1.82, 2.24) is 4.90 Å². The van der Waals surface area contributed by atoms with E-state index in [0.717, 1.165) is 5.75 Å². The average Bonchev–Trinajstić information content (AvgIpc) is 2.91. The number of hydrogen-bond donors (Lipinski definition) is 1. The Kier molecular flexibility index (Phi) is 2.73. The first kappa shape index (κ1) is 13.3. The Morgan fingerprint density at radius 1 is 1.23 bits per heavy atom. The summed E-state index contributed by atoms with van der Waals surface area (Å²) < 4.78 is 5.41. The number of hydrogen-bond acceptors (Lipinski definition) is 3. The van der Waals surface area contributed by atoms with Gasteiger partial charge >= 0.3 is 0 Å². The summed E-state index contributed by atoms with van der Waals surface area (Å²) in [6, 6.07) is 6.54. The second kappa shape index (κ2) is 4.54. The number of fused-ring (bicyclic) bond motifs is 4. The van der Waals surface area contributed by atoms with Gasteiger partial charge in [-0.2, -0.15) is 0 Å². The molecule has 0 spiro atoms. The molecule has 3 heteroatoms. The maximum Gasteiger partial charge on any atom is 0.119 e. The zero-order valence-electron chi connectivity index (χ0n) is 13.4. The van der Waals surface area contributed by atoms with Gasteiger partial charge in [0.05, 0.1) is 13.2 Å². The van der Waals surface area contributed by atoms with Crippen LogP contribution in [0.1, 0.15) is 19.4 Å². The summed E-state index contributed by atoms with van der Waals surface area (Å²) in [4.78, 5) is 2.12. The number of ether oxygens (including phenoxy) is 1. The minimum Gasteiger partial charge on any atom is -0.497 e. The van der Waals surface area contributed by atoms with Crippen molar-refractivity contribution < 1.29 is 4.74 Å². The SMILES string of the molecule is COc1ccc2c(c1)C1=C(C)C3=CN(C)C=CC3=C(C)C1N2. The molecule has 1 atom stereocenters. The van der Waals surface area contributed by atoms with Crippen molar-refractivity contribution in [2.75, 3.05) is 19.5 Å². The Balaban J connectivity index is 1.94. The van der Waals surface area contributed by atoms with E-state index in [9.17, 15) is 0 Å². The maximum atomic E-state index is 5.41. The lowest BCUT2D eigenvalue weighted by Gasteiger charge is -2.31. The third kappa shape index (κ3) is 1.68. The van der Waals surface area contributed by atoms with Crippen LogP contribution in [0.3, 0.4) is 0 Å². The van der Waals surface area contributed by atoms with Crippen molar-refractivity contribution in [1.29, 1.82) is 0 Å². The van der Waals surface area contributed by atoms with Gasteiger partial charge in [-0.15, -0.1) is 0 Å². The number of nitrogens with zero attached hydrogens (tertiary/aromatic N) is 1. The van der Waals surface area contributed by atoms with Gasteiger partial charge in [-0.05, 0) is 60.4 Å². The lowest BCUT2D eigenvalue weighted by atomic mass is 9.79. The Bertz CT molecular complexity index is 796. The molecule has 0 bridgehead atoms. The van der Waals surface area contributed by atoms with Gasteiger partial charge in [0.25, 0.3) is 0 Å². The van der Waals surface area contributed by atoms with Crippen LogP contribution in [0.15, 0.2) is 59.0 Å². The predicted octanol–water partition coefficient (Wildman–Crippen LogP) is 3.94. The highest BCUT2D eigenvalue weighted by molar-refractivity contribution is 5.95. The van der Waals surface area contributed by atoms with E-state index in [1.165, 1.54) is 39.1 Å². The minimum atomic E-state index is 0.266. The van der Waals surface area contributed by atoms with Crippen LogP contribution >= 0.6 is 0 Å². The van der Waals surface area contributed by atoms with Gasteiger partial charge in [-0.1, -0.05) is 0 Å². The van der Waals surface area contributed by atoms with E-state index in [-0.39, 0.29) is 6.04 Å². The van der Waals surface area contributed by atoms with Gasteiger partial charge < -0.3 is 15.0 Å². The molecule has 0 radical (unpaired) electrons. The fraction of sp³-hybridized carbons (Fsp3) is 0.263. The van der Waals surface area contributed by atoms with Gasteiger partial charge in [-0.3, -0.25) is 0 Å². The summed E-state index contributed by atoms with van der Waals surface area (Å²) in [6.07, 6.45) is 6.55. The number of rotatable bonds is 1. The molecule has 1 N–H and O–H groups in total. The first-order chi connectivity index (χ1) is 10.6. The Labute approximate surface area is 131 Å². The molecule has 0 saturated carbocycles. The number of anilines is 1. The number of methoxy groups -OCH3 is 1. The summed E-state index contributed by atoms with van der Waals surface area (Å²) in [5.41, 5.74) is 9.23. The Morgan fingerprint density at radius 2 is 2.05 bits per heavy atom. The molecule has 0 amide bonds. The highest BCUT2D eigenvalue weighted by Crippen LogP contribution is 2.48. The van der Waals surface area contributed by atoms with Crippen LogP contribution in [0.2, 0.25) is 0 Å². The third-order valence-electron chi connectivity index (χ3n) is 4.87. The fourth-order valence-electron chi connectivity index (χ4n) is 3.67. The van der Waals surface area contributed by atoms with E-state index in [1.54, 1.807) is 7.11 Å². The van der Waals surface area contributed by atoms with Crippen molar-refractivity contribution in [2.45, 2.75) is 19.9 Å². The van der Waals surface area contributed by atoms with Gasteiger partial charge in [0.2, 0.25) is 0 Å². The molecule has 0 fully saturated rings. The second-order valence-corrected chi connectivity index (χ2v) is 6.15. The van der Waals surface area contributed by atoms with E-state index in [1.807, 2.05) is 6.07 Å². The highest BCUT2D eigenvalue weighted by atomic mass is 16.5. The smallest absolute Gasteiger partial charge is 0.119 e. The molecule has 4 rings (SSSR count). The largest absolute Gasteiger partial charge is 0.497 e. The molecule has 112 valence electrons. The number of nitrogens with one attached hydrogen (secondary N) is 1. The molecule has 0 saturated heterocycles. The number of allylic oxidation sites excluding steroid dienone is 4. The monoisotopic (exact) mass is 292 g/mol. The predicted molar refractivity (Wildman–Crippen MR) is 90.7 cm³/mol. The maximum absolute atomic E-state index is 5.41. The summed E-state index contributed by atoms with van der Waals surface area (Å²) >= 11 is 0. The molecule has 2 heterocycles. The van der Waals surface area contributed by atoms with Crippen LogP contribution in [0.25, 0.3) is 5.57 Å². The minimum absolute atomic E-state index is 0.266. The molecule has 22 heavy (non-hydrogen) atoms. The Morgan fingerprint density at radius 3 is 2.82 bits per heavy atom. The standard InChI is InChI=1S/C19H20N2O/c1-11-16-10-21(3)8-7-14(16)12(2)19-18(11)15-9-13(22-4)5-6-17(15)20-19/h5-10,19-20H,1-4H3. The Hall–Kier alpha value is -2.42. The van der Waals surface area contributed by atoms with Crippen LogP contribution in [-0.4, -0.2) is 25.1 Å². The molecule has 3 aliphatic rings. The summed E-state index contributed by atoms with van der Waals surface area (Å²) in [7, 11) is 3.79. The van der Waals surface area contributed by atoms with Crippen molar-refractivity contribution >= 4 is 11.3 Å². The molecular formula is C19H20N2O. The zero-order chi connectivity index (χ0) is 15.4. The normalized spacial score (nSPS) is 22.1. The van der Waals surface area contributed by atoms with E-state index in [4.69, 9.17) is 4.74 Å². The van der Waals surface area contributed by atoms with E-state index < -0.39 is 0 Å². The van der Waals surface area contributed by atoms with Crippen LogP contribution < -0.4 is 10.1 Å². The molecule has 1 aliphatic carbocycles. The summed E-state index contributed by atoms with van der Waals surface area (Å²) in [6.45, 7) is 4.45. The highest BCUT2D eigenvalue weighted by Gasteiger charge is 2.35. The van der Waals surface area contributed by atoms with Crippen molar-refractivity contribution in [3.05, 3.63) is 64.5 Å². The number of benzene rings is 1. The third-order valence-corrected chi connectivity index (χ3v) is 4.87. The van der Waals surface area contributed by atoms with E-state index in [0.29, 0.717) is 0 Å². The molecule has 2 aliphatic heterocycles. The van der Waals surface area contributed by atoms with E-state index in [2.05, 4.69) is 61.7 Å². The second-order valence-electron chi connectivity index (χ2n) is 6.15. The van der Waals surface area contributed by atoms with Gasteiger partial charge in [-0.25, -0.2) is 0 Å². The van der Waals surface area contributed by atoms with Crippen molar-refractivity contribution in [3.8, 4) is 5.75 Å². The molecular weight excluding hydrogens is 272 g/mol. The van der Waals surface area contributed by atoms with Gasteiger partial charge in [0.1, 0.15) is 5.75 Å². The summed E-state index contributed by atoms with van der Waals surface area (Å²) in [5.74, 6) is 0.906. The molecule has 3 nitrogen and oxygen atoms in total. The topological polar surface area (TPSA) is 24.5 Å².